The van der Waals surface area contributed by atoms with Gasteiger partial charge in [0, 0.05) is 11.6 Å². The largest absolute Gasteiger partial charge is 0.464 e. The van der Waals surface area contributed by atoms with E-state index in [1.165, 1.54) is 12.3 Å². The highest BCUT2D eigenvalue weighted by Gasteiger charge is 2.05. The van der Waals surface area contributed by atoms with Gasteiger partial charge in [0.1, 0.15) is 11.6 Å². The van der Waals surface area contributed by atoms with Crippen LogP contribution < -0.4 is 17.1 Å². The molecule has 0 aliphatic rings. The Balaban J connectivity index is 2.63. The van der Waals surface area contributed by atoms with Gasteiger partial charge < -0.3 is 16.0 Å². The Kier molecular flexibility index (Phi) is 1.78. The molecule has 4 N–H and O–H groups in total. The van der Waals surface area contributed by atoms with E-state index in [2.05, 4.69) is 0 Å². The van der Waals surface area contributed by atoms with Crippen LogP contribution in [0.3, 0.4) is 0 Å². The number of anilines is 1. The van der Waals surface area contributed by atoms with Gasteiger partial charge in [0.2, 0.25) is 0 Å². The van der Waals surface area contributed by atoms with Crippen molar-refractivity contribution < 1.29 is 4.42 Å². The van der Waals surface area contributed by atoms with Crippen LogP contribution in [-0.4, -0.2) is 4.68 Å². The van der Waals surface area contributed by atoms with E-state index < -0.39 is 0 Å². The Bertz CT molecular complexity index is 499. The molecule has 0 saturated carbocycles. The molecule has 0 saturated heterocycles. The Hall–Kier alpha value is -2.17. The van der Waals surface area contributed by atoms with Crippen molar-refractivity contribution >= 4 is 5.82 Å². The standard InChI is InChI=1S/C9H9N3O2/c10-8-4-6(5-9(13)12(8)11)7-2-1-3-14-7/h1-5H,10-11H2. The van der Waals surface area contributed by atoms with E-state index in [4.69, 9.17) is 16.0 Å². The predicted molar refractivity (Wildman–Crippen MR) is 53.0 cm³/mol. The molecule has 72 valence electrons. The molecule has 2 heterocycles. The summed E-state index contributed by atoms with van der Waals surface area (Å²) in [4.78, 5) is 11.3. The van der Waals surface area contributed by atoms with Crippen molar-refractivity contribution in [1.82, 2.24) is 4.68 Å². The van der Waals surface area contributed by atoms with Crippen molar-refractivity contribution in [1.29, 1.82) is 0 Å². The maximum atomic E-state index is 11.3. The molecule has 2 aromatic rings. The maximum absolute atomic E-state index is 11.3. The van der Waals surface area contributed by atoms with Crippen molar-refractivity contribution in [2.45, 2.75) is 0 Å². The SMILES string of the molecule is Nc1cc(-c2ccco2)cc(=O)n1N. The third-order valence-corrected chi connectivity index (χ3v) is 1.90. The third kappa shape index (κ3) is 1.24. The van der Waals surface area contributed by atoms with Crippen LogP contribution in [0.5, 0.6) is 0 Å². The molecule has 0 spiro atoms. The van der Waals surface area contributed by atoms with Crippen LogP contribution in [0.4, 0.5) is 5.82 Å². The lowest BCUT2D eigenvalue weighted by Crippen LogP contribution is -2.28. The molecular weight excluding hydrogens is 182 g/mol. The summed E-state index contributed by atoms with van der Waals surface area (Å²) < 4.78 is 6.01. The third-order valence-electron chi connectivity index (χ3n) is 1.90. The molecule has 0 radical (unpaired) electrons. The Morgan fingerprint density at radius 2 is 2.14 bits per heavy atom. The molecule has 0 amide bonds. The Morgan fingerprint density at radius 1 is 1.36 bits per heavy atom. The first-order chi connectivity index (χ1) is 6.68. The highest BCUT2D eigenvalue weighted by atomic mass is 16.3. The van der Waals surface area contributed by atoms with Crippen LogP contribution in [0.1, 0.15) is 0 Å². The molecule has 0 aliphatic heterocycles. The average molecular weight is 191 g/mol. The van der Waals surface area contributed by atoms with Crippen LogP contribution in [0, 0.1) is 0 Å². The van der Waals surface area contributed by atoms with Gasteiger partial charge in [0.05, 0.1) is 6.26 Å². The first-order valence-corrected chi connectivity index (χ1v) is 4.00. The quantitative estimate of drug-likeness (QED) is 0.639. The van der Waals surface area contributed by atoms with E-state index in [0.29, 0.717) is 11.3 Å². The summed E-state index contributed by atoms with van der Waals surface area (Å²) in [6, 6.07) is 6.43. The molecule has 0 aliphatic carbocycles. The fourth-order valence-corrected chi connectivity index (χ4v) is 1.19. The molecule has 0 atom stereocenters. The summed E-state index contributed by atoms with van der Waals surface area (Å²) in [5, 5.41) is 0. The number of nitrogen functional groups attached to an aromatic ring is 2. The van der Waals surface area contributed by atoms with Crippen LogP contribution in [0.2, 0.25) is 0 Å². The second-order valence-corrected chi connectivity index (χ2v) is 2.85. The van der Waals surface area contributed by atoms with Gasteiger partial charge in [-0.05, 0) is 18.2 Å². The second kappa shape index (κ2) is 2.95. The van der Waals surface area contributed by atoms with E-state index >= 15 is 0 Å². The normalized spacial score (nSPS) is 10.3. The molecule has 0 unspecified atom stereocenters. The van der Waals surface area contributed by atoms with Crippen LogP contribution in [0.25, 0.3) is 11.3 Å². The van der Waals surface area contributed by atoms with Gasteiger partial charge in [-0.15, -0.1) is 0 Å². The fraction of sp³-hybridized carbons (Fsp3) is 0. The minimum absolute atomic E-state index is 0.198. The summed E-state index contributed by atoms with van der Waals surface area (Å²) in [5.74, 6) is 6.14. The smallest absolute Gasteiger partial charge is 0.271 e. The van der Waals surface area contributed by atoms with Crippen LogP contribution in [-0.2, 0) is 0 Å². The Morgan fingerprint density at radius 3 is 2.71 bits per heavy atom. The van der Waals surface area contributed by atoms with Gasteiger partial charge in [0.15, 0.2) is 0 Å². The van der Waals surface area contributed by atoms with E-state index in [1.54, 1.807) is 18.2 Å². The second-order valence-electron chi connectivity index (χ2n) is 2.85. The molecular formula is C9H9N3O2. The maximum Gasteiger partial charge on any atom is 0.271 e. The summed E-state index contributed by atoms with van der Waals surface area (Å²) in [6.07, 6.45) is 1.53. The number of nitrogens with zero attached hydrogens (tertiary/aromatic N) is 1. The van der Waals surface area contributed by atoms with Crippen molar-refractivity contribution in [3.05, 3.63) is 40.9 Å². The van der Waals surface area contributed by atoms with Gasteiger partial charge >= 0.3 is 0 Å². The molecule has 0 fully saturated rings. The van der Waals surface area contributed by atoms with Gasteiger partial charge in [-0.1, -0.05) is 0 Å². The highest BCUT2D eigenvalue weighted by Crippen LogP contribution is 2.19. The van der Waals surface area contributed by atoms with Gasteiger partial charge in [-0.2, -0.15) is 0 Å². The van der Waals surface area contributed by atoms with E-state index in [1.807, 2.05) is 0 Å². The molecule has 0 bridgehead atoms. The summed E-state index contributed by atoms with van der Waals surface area (Å²) in [7, 11) is 0. The summed E-state index contributed by atoms with van der Waals surface area (Å²) >= 11 is 0. The lowest BCUT2D eigenvalue weighted by Gasteiger charge is -2.03. The van der Waals surface area contributed by atoms with Gasteiger partial charge in [-0.25, -0.2) is 4.68 Å². The lowest BCUT2D eigenvalue weighted by molar-refractivity contribution is 0.582. The zero-order valence-corrected chi connectivity index (χ0v) is 7.31. The predicted octanol–water partition coefficient (Wildman–Crippen LogP) is 0.404. The monoisotopic (exact) mass is 191 g/mol. The lowest BCUT2D eigenvalue weighted by atomic mass is 10.2. The van der Waals surface area contributed by atoms with Gasteiger partial charge in [-0.3, -0.25) is 4.79 Å². The minimum Gasteiger partial charge on any atom is -0.464 e. The first kappa shape index (κ1) is 8.43. The number of aromatic nitrogens is 1. The number of pyridine rings is 1. The van der Waals surface area contributed by atoms with Crippen molar-refractivity contribution in [3.8, 4) is 11.3 Å². The molecule has 2 aromatic heterocycles. The molecule has 0 aromatic carbocycles. The number of hydrogen-bond donors (Lipinski definition) is 2. The number of rotatable bonds is 1. The molecule has 5 heteroatoms. The first-order valence-electron chi connectivity index (χ1n) is 4.00. The van der Waals surface area contributed by atoms with Crippen LogP contribution in [0.15, 0.2) is 39.7 Å². The molecule has 5 nitrogen and oxygen atoms in total. The topological polar surface area (TPSA) is 87.2 Å². The molecule has 2 rings (SSSR count). The number of hydrogen-bond acceptors (Lipinski definition) is 4. The fourth-order valence-electron chi connectivity index (χ4n) is 1.19. The van der Waals surface area contributed by atoms with E-state index in [9.17, 15) is 4.79 Å². The highest BCUT2D eigenvalue weighted by molar-refractivity contribution is 5.60. The minimum atomic E-state index is -0.364. The van der Waals surface area contributed by atoms with Gasteiger partial charge in [0.25, 0.3) is 5.56 Å². The van der Waals surface area contributed by atoms with Crippen molar-refractivity contribution in [2.75, 3.05) is 11.6 Å². The van der Waals surface area contributed by atoms with Crippen molar-refractivity contribution in [3.63, 3.8) is 0 Å². The summed E-state index contributed by atoms with van der Waals surface area (Å²) in [6.45, 7) is 0. The van der Waals surface area contributed by atoms with Crippen molar-refractivity contribution in [2.24, 2.45) is 0 Å². The van der Waals surface area contributed by atoms with E-state index in [-0.39, 0.29) is 11.4 Å². The zero-order chi connectivity index (χ0) is 10.1. The number of furan rings is 1. The summed E-state index contributed by atoms with van der Waals surface area (Å²) in [5.41, 5.74) is 5.78. The average Bonchev–Trinajstić information content (AvgIpc) is 2.66. The number of nitrogens with two attached hydrogens (primary N) is 2. The molecule has 14 heavy (non-hydrogen) atoms. The van der Waals surface area contributed by atoms with Crippen LogP contribution >= 0.6 is 0 Å². The zero-order valence-electron chi connectivity index (χ0n) is 7.31. The van der Waals surface area contributed by atoms with E-state index in [0.717, 1.165) is 4.68 Å². The Labute approximate surface area is 79.5 Å².